The smallest absolute Gasteiger partial charge is 0.408 e. The lowest BCUT2D eigenvalue weighted by Crippen LogP contribution is -2.62. The van der Waals surface area contributed by atoms with E-state index in [1.807, 2.05) is 18.7 Å². The summed E-state index contributed by atoms with van der Waals surface area (Å²) in [5, 5.41) is 7.19. The third-order valence-electron chi connectivity index (χ3n) is 9.82. The number of alkyl carbamates (subject to hydrolysis) is 1. The van der Waals surface area contributed by atoms with Gasteiger partial charge in [-0.1, -0.05) is 12.0 Å². The topological polar surface area (TPSA) is 120 Å². The van der Waals surface area contributed by atoms with Crippen LogP contribution < -0.4 is 25.0 Å². The molecule has 288 valence electrons. The number of aromatic nitrogens is 3. The Morgan fingerprint density at radius 3 is 2.63 bits per heavy atom. The van der Waals surface area contributed by atoms with E-state index in [1.54, 1.807) is 26.8 Å². The number of methoxy groups -OCH3 is 1. The van der Waals surface area contributed by atoms with Gasteiger partial charge in [0.15, 0.2) is 12.6 Å². The average Bonchev–Trinajstić information content (AvgIpc) is 3.06. The molecule has 4 aromatic rings. The van der Waals surface area contributed by atoms with Crippen molar-refractivity contribution in [3.8, 4) is 35.4 Å². The number of hydrogen-bond donors (Lipinski definition) is 2. The van der Waals surface area contributed by atoms with Crippen LogP contribution in [0.2, 0.25) is 0 Å². The molecule has 0 radical (unpaired) electrons. The minimum absolute atomic E-state index is 0.0141. The molecule has 14 heteroatoms. The summed E-state index contributed by atoms with van der Waals surface area (Å²) in [4.78, 5) is 28.4. The number of pyridine rings is 1. The third-order valence-corrected chi connectivity index (χ3v) is 9.82. The Morgan fingerprint density at radius 2 is 1.91 bits per heavy atom. The summed E-state index contributed by atoms with van der Waals surface area (Å²) < 4.78 is 69.1. The number of nitrogens with zero attached hydrogens (tertiary/aromatic N) is 4. The highest BCUT2D eigenvalue weighted by Gasteiger charge is 2.42. The second kappa shape index (κ2) is 15.8. The molecule has 1 amide bonds. The van der Waals surface area contributed by atoms with Gasteiger partial charge in [-0.25, -0.2) is 18.0 Å². The lowest BCUT2D eigenvalue weighted by molar-refractivity contribution is 0.0422. The first-order valence-electron chi connectivity index (χ1n) is 18.1. The van der Waals surface area contributed by atoms with Gasteiger partial charge < -0.3 is 34.5 Å². The van der Waals surface area contributed by atoms with Crippen LogP contribution in [0, 0.1) is 35.8 Å². The van der Waals surface area contributed by atoms with Gasteiger partial charge in [-0.2, -0.15) is 9.97 Å². The molecule has 2 aliphatic rings. The van der Waals surface area contributed by atoms with Crippen LogP contribution in [0.15, 0.2) is 30.5 Å². The van der Waals surface area contributed by atoms with Crippen LogP contribution in [0.1, 0.15) is 59.4 Å². The van der Waals surface area contributed by atoms with Crippen molar-refractivity contribution in [1.29, 1.82) is 0 Å². The number of terminal acetylenes is 1. The van der Waals surface area contributed by atoms with Crippen LogP contribution >= 0.6 is 0 Å². The molecular formula is C40H47F3N6O5. The van der Waals surface area contributed by atoms with Gasteiger partial charge in [-0.05, 0) is 89.9 Å². The van der Waals surface area contributed by atoms with E-state index in [9.17, 15) is 9.18 Å². The Bertz CT molecular complexity index is 2060. The average molecular weight is 749 g/mol. The van der Waals surface area contributed by atoms with E-state index in [-0.39, 0.29) is 65.5 Å². The maximum absolute atomic E-state index is 17.1. The number of carbonyl (C=O) groups excluding carboxylic acids is 1. The molecule has 2 fully saturated rings. The number of benzene rings is 2. The van der Waals surface area contributed by atoms with Crippen molar-refractivity contribution in [2.24, 2.45) is 11.8 Å². The third kappa shape index (κ3) is 8.58. The van der Waals surface area contributed by atoms with Crippen molar-refractivity contribution in [1.82, 2.24) is 25.6 Å². The maximum atomic E-state index is 17.1. The highest BCUT2D eigenvalue weighted by Crippen LogP contribution is 2.41. The van der Waals surface area contributed by atoms with E-state index >= 15 is 8.78 Å². The monoisotopic (exact) mass is 748 g/mol. The molecule has 0 bridgehead atoms. The normalized spacial score (nSPS) is 18.4. The van der Waals surface area contributed by atoms with Gasteiger partial charge in [0.2, 0.25) is 0 Å². The SMILES string of the molecule is C#Cc1c(F)ccc2cc(OCOC)cc(-c3ncc4c(N5CC(C(C)(C)NC(=O)OC(C)(C)C)C5)nc(OC[C@@H]5CCCNC[C@H](F)C5)nc4c3F)c12. The number of carbonyl (C=O) groups is 1. The number of amides is 1. The fourth-order valence-electron chi connectivity index (χ4n) is 6.92. The van der Waals surface area contributed by atoms with Gasteiger partial charge in [0.05, 0.1) is 17.6 Å². The zero-order chi connectivity index (χ0) is 38.8. The van der Waals surface area contributed by atoms with Crippen molar-refractivity contribution < 1.29 is 36.9 Å². The Morgan fingerprint density at radius 1 is 1.13 bits per heavy atom. The Labute approximate surface area is 313 Å². The van der Waals surface area contributed by atoms with E-state index in [0.29, 0.717) is 48.4 Å². The molecule has 0 unspecified atom stereocenters. The molecule has 54 heavy (non-hydrogen) atoms. The Balaban J connectivity index is 1.41. The number of alkyl halides is 1. The molecule has 2 aliphatic heterocycles. The van der Waals surface area contributed by atoms with Crippen LogP contribution in [0.4, 0.5) is 23.8 Å². The summed E-state index contributed by atoms with van der Waals surface area (Å²) in [6.07, 6.45) is 7.61. The first kappa shape index (κ1) is 38.8. The van der Waals surface area contributed by atoms with Gasteiger partial charge in [0.1, 0.15) is 40.4 Å². The summed E-state index contributed by atoms with van der Waals surface area (Å²) in [6, 6.07) is 5.91. The Kier molecular flexibility index (Phi) is 11.4. The highest BCUT2D eigenvalue weighted by molar-refractivity contribution is 6.03. The van der Waals surface area contributed by atoms with Crippen molar-refractivity contribution in [2.75, 3.05) is 51.6 Å². The molecule has 0 aliphatic carbocycles. The molecule has 0 spiro atoms. The molecule has 2 N–H and O–H groups in total. The molecule has 2 saturated heterocycles. The summed E-state index contributed by atoms with van der Waals surface area (Å²) in [7, 11) is 1.47. The predicted octanol–water partition coefficient (Wildman–Crippen LogP) is 6.93. The summed E-state index contributed by atoms with van der Waals surface area (Å²) >= 11 is 0. The molecule has 6 rings (SSSR count). The van der Waals surface area contributed by atoms with E-state index in [0.717, 1.165) is 12.8 Å². The first-order valence-corrected chi connectivity index (χ1v) is 18.1. The van der Waals surface area contributed by atoms with Gasteiger partial charge in [0, 0.05) is 55.3 Å². The van der Waals surface area contributed by atoms with E-state index in [4.69, 9.17) is 30.4 Å². The van der Waals surface area contributed by atoms with Crippen molar-refractivity contribution >= 4 is 33.6 Å². The molecular weight excluding hydrogens is 701 g/mol. The lowest BCUT2D eigenvalue weighted by Gasteiger charge is -2.48. The number of rotatable bonds is 10. The van der Waals surface area contributed by atoms with Crippen LogP contribution in [-0.4, -0.2) is 85.0 Å². The second-order valence-electron chi connectivity index (χ2n) is 15.5. The quantitative estimate of drug-likeness (QED) is 0.131. The van der Waals surface area contributed by atoms with Crippen molar-refractivity contribution in [3.63, 3.8) is 0 Å². The van der Waals surface area contributed by atoms with E-state index in [1.165, 1.54) is 31.5 Å². The molecule has 0 saturated carbocycles. The number of nitrogens with one attached hydrogen (secondary N) is 2. The summed E-state index contributed by atoms with van der Waals surface area (Å²) in [5.41, 5.74) is -1.36. The standard InChI is InChI=1S/C40H47F3N6O5/c1-8-28-31(42)12-11-24-15-27(53-22-51-7)16-29(32(24)28)34-33(43)35-30(18-45-34)36(47-37(46-35)52-21-23-10-9-13-44-17-26(41)14-23)49-19-25(20-49)40(5,6)48-38(50)54-39(2,3)4/h1,11-12,15-16,18,23,25-26,44H,9-10,13-14,17,19-22H2,2-7H3,(H,48,50)/t23-,26-/m1/s1. The van der Waals surface area contributed by atoms with E-state index in [2.05, 4.69) is 26.5 Å². The first-order chi connectivity index (χ1) is 25.7. The molecule has 2 aromatic heterocycles. The predicted molar refractivity (Wildman–Crippen MR) is 200 cm³/mol. The van der Waals surface area contributed by atoms with Gasteiger partial charge >= 0.3 is 12.1 Å². The second-order valence-corrected chi connectivity index (χ2v) is 15.5. The van der Waals surface area contributed by atoms with Gasteiger partial charge in [-0.3, -0.25) is 4.98 Å². The van der Waals surface area contributed by atoms with Crippen LogP contribution in [0.3, 0.4) is 0 Å². The molecule has 11 nitrogen and oxygen atoms in total. The zero-order valence-corrected chi connectivity index (χ0v) is 31.5. The van der Waals surface area contributed by atoms with Crippen LogP contribution in [-0.2, 0) is 9.47 Å². The van der Waals surface area contributed by atoms with Crippen molar-refractivity contribution in [2.45, 2.75) is 71.2 Å². The molecule has 2 aromatic carbocycles. The fraction of sp³-hybridized carbons (Fsp3) is 0.500. The van der Waals surface area contributed by atoms with Crippen molar-refractivity contribution in [3.05, 3.63) is 47.7 Å². The number of anilines is 1. The fourth-order valence-corrected chi connectivity index (χ4v) is 6.92. The minimum atomic E-state index is -1.02. The zero-order valence-electron chi connectivity index (χ0n) is 31.5. The molecule has 2 atom stereocenters. The summed E-state index contributed by atoms with van der Waals surface area (Å²) in [5.74, 6) is 1.58. The van der Waals surface area contributed by atoms with Crippen LogP contribution in [0.5, 0.6) is 11.8 Å². The number of hydrogen-bond acceptors (Lipinski definition) is 10. The largest absolute Gasteiger partial charge is 0.468 e. The summed E-state index contributed by atoms with van der Waals surface area (Å²) in [6.45, 7) is 11.2. The number of fused-ring (bicyclic) bond motifs is 2. The number of halogens is 3. The Hall–Kier alpha value is -4.87. The van der Waals surface area contributed by atoms with Crippen LogP contribution in [0.25, 0.3) is 32.9 Å². The van der Waals surface area contributed by atoms with Gasteiger partial charge in [0.25, 0.3) is 0 Å². The molecule has 4 heterocycles. The van der Waals surface area contributed by atoms with Gasteiger partial charge in [-0.15, -0.1) is 6.42 Å². The highest BCUT2D eigenvalue weighted by atomic mass is 19.1. The maximum Gasteiger partial charge on any atom is 0.408 e. The van der Waals surface area contributed by atoms with E-state index < -0.39 is 35.0 Å². The minimum Gasteiger partial charge on any atom is -0.468 e. The number of ether oxygens (including phenoxy) is 4. The lowest BCUT2D eigenvalue weighted by atomic mass is 9.81.